The molecule has 0 saturated carbocycles. The van der Waals surface area contributed by atoms with Crippen LogP contribution in [0.4, 0.5) is 11.4 Å². The number of anilines is 1. The van der Waals surface area contributed by atoms with E-state index >= 15 is 0 Å². The largest absolute Gasteiger partial charge is 0.469 e. The minimum atomic E-state index is -0.420. The molecule has 0 fully saturated rings. The first-order chi connectivity index (χ1) is 8.45. The second kappa shape index (κ2) is 6.00. The smallest absolute Gasteiger partial charge is 0.307 e. The summed E-state index contributed by atoms with van der Waals surface area (Å²) in [6.07, 6.45) is 0.192. The summed E-state index contributed by atoms with van der Waals surface area (Å²) in [5.41, 5.74) is 1.36. The molecule has 18 heavy (non-hydrogen) atoms. The Morgan fingerprint density at radius 3 is 2.72 bits per heavy atom. The van der Waals surface area contributed by atoms with Crippen molar-refractivity contribution in [2.75, 3.05) is 25.6 Å². The molecule has 1 rings (SSSR count). The summed E-state index contributed by atoms with van der Waals surface area (Å²) in [5.74, 6) is -0.336. The topological polar surface area (TPSA) is 72.7 Å². The highest BCUT2D eigenvalue weighted by Crippen LogP contribution is 2.28. The first kappa shape index (κ1) is 14.0. The molecule has 0 aliphatic rings. The third-order valence-corrected chi connectivity index (χ3v) is 2.62. The number of nitro groups is 1. The third kappa shape index (κ3) is 3.44. The maximum atomic E-state index is 11.0. The van der Waals surface area contributed by atoms with Gasteiger partial charge in [-0.1, -0.05) is 6.07 Å². The molecule has 1 aromatic rings. The van der Waals surface area contributed by atoms with E-state index in [1.807, 2.05) is 0 Å². The summed E-state index contributed by atoms with van der Waals surface area (Å²) in [4.78, 5) is 23.3. The van der Waals surface area contributed by atoms with Crippen LogP contribution in [-0.4, -0.2) is 31.6 Å². The Kier molecular flexibility index (Phi) is 4.65. The van der Waals surface area contributed by atoms with Gasteiger partial charge in [-0.05, 0) is 18.6 Å². The highest BCUT2D eigenvalue weighted by molar-refractivity contribution is 5.71. The molecule has 0 radical (unpaired) electrons. The zero-order chi connectivity index (χ0) is 13.7. The van der Waals surface area contributed by atoms with Gasteiger partial charge in [-0.2, -0.15) is 0 Å². The maximum absolute atomic E-state index is 11.0. The van der Waals surface area contributed by atoms with Crippen LogP contribution >= 0.6 is 0 Å². The Hall–Kier alpha value is -2.11. The van der Waals surface area contributed by atoms with Crippen molar-refractivity contribution in [1.29, 1.82) is 0 Å². The summed E-state index contributed by atoms with van der Waals surface area (Å²) in [7, 11) is 3.03. The molecule has 0 aromatic heterocycles. The van der Waals surface area contributed by atoms with Gasteiger partial charge >= 0.3 is 5.97 Å². The van der Waals surface area contributed by atoms with E-state index in [-0.39, 0.29) is 18.1 Å². The Morgan fingerprint density at radius 2 is 2.17 bits per heavy atom. The molecule has 0 heterocycles. The van der Waals surface area contributed by atoms with Crippen LogP contribution in [0, 0.1) is 17.0 Å². The number of carbonyl (C=O) groups excluding carboxylic acids is 1. The zero-order valence-corrected chi connectivity index (χ0v) is 10.7. The third-order valence-electron chi connectivity index (χ3n) is 2.62. The van der Waals surface area contributed by atoms with Gasteiger partial charge in [-0.3, -0.25) is 14.9 Å². The predicted molar refractivity (Wildman–Crippen MR) is 67.7 cm³/mol. The van der Waals surface area contributed by atoms with Crippen molar-refractivity contribution in [3.05, 3.63) is 33.9 Å². The van der Waals surface area contributed by atoms with E-state index in [0.717, 1.165) is 5.56 Å². The molecule has 0 spiro atoms. The van der Waals surface area contributed by atoms with Crippen molar-refractivity contribution in [3.8, 4) is 0 Å². The molecule has 98 valence electrons. The maximum Gasteiger partial charge on any atom is 0.307 e. The lowest BCUT2D eigenvalue weighted by atomic mass is 10.2. The number of nitro benzene ring substituents is 1. The Morgan fingerprint density at radius 1 is 1.50 bits per heavy atom. The van der Waals surface area contributed by atoms with E-state index in [1.165, 1.54) is 13.2 Å². The Bertz CT molecular complexity index is 459. The van der Waals surface area contributed by atoms with Crippen LogP contribution in [0.15, 0.2) is 18.2 Å². The SMILES string of the molecule is COC(=O)CCN(C)c1ccc(C)cc1[N+](=O)[O-]. The monoisotopic (exact) mass is 252 g/mol. The summed E-state index contributed by atoms with van der Waals surface area (Å²) < 4.78 is 4.53. The molecule has 6 nitrogen and oxygen atoms in total. The van der Waals surface area contributed by atoms with Gasteiger partial charge in [0.05, 0.1) is 18.5 Å². The molecule has 0 saturated heterocycles. The number of carbonyl (C=O) groups is 1. The van der Waals surface area contributed by atoms with Crippen LogP contribution in [0.5, 0.6) is 0 Å². The van der Waals surface area contributed by atoms with E-state index in [9.17, 15) is 14.9 Å². The highest BCUT2D eigenvalue weighted by atomic mass is 16.6. The molecule has 6 heteroatoms. The molecule has 0 N–H and O–H groups in total. The highest BCUT2D eigenvalue weighted by Gasteiger charge is 2.17. The summed E-state index contributed by atoms with van der Waals surface area (Å²) >= 11 is 0. The van der Waals surface area contributed by atoms with Crippen molar-refractivity contribution >= 4 is 17.3 Å². The number of benzene rings is 1. The van der Waals surface area contributed by atoms with Gasteiger partial charge in [0.1, 0.15) is 5.69 Å². The van der Waals surface area contributed by atoms with Crippen molar-refractivity contribution in [3.63, 3.8) is 0 Å². The number of hydrogen-bond donors (Lipinski definition) is 0. The van der Waals surface area contributed by atoms with Gasteiger partial charge < -0.3 is 9.64 Å². The normalized spacial score (nSPS) is 9.94. The molecule has 1 aromatic carbocycles. The summed E-state index contributed by atoms with van der Waals surface area (Å²) in [5, 5.41) is 11.0. The summed E-state index contributed by atoms with van der Waals surface area (Å²) in [6.45, 7) is 2.17. The average molecular weight is 252 g/mol. The van der Waals surface area contributed by atoms with Crippen molar-refractivity contribution < 1.29 is 14.5 Å². The molecule has 0 amide bonds. The van der Waals surface area contributed by atoms with Gasteiger partial charge in [-0.25, -0.2) is 0 Å². The molecule has 0 aliphatic carbocycles. The van der Waals surface area contributed by atoms with Crippen molar-refractivity contribution in [2.45, 2.75) is 13.3 Å². The quantitative estimate of drug-likeness (QED) is 0.454. The number of nitrogens with zero attached hydrogens (tertiary/aromatic N) is 2. The van der Waals surface area contributed by atoms with Crippen LogP contribution in [-0.2, 0) is 9.53 Å². The zero-order valence-electron chi connectivity index (χ0n) is 10.7. The number of ether oxygens (including phenoxy) is 1. The average Bonchev–Trinajstić information content (AvgIpc) is 2.35. The second-order valence-electron chi connectivity index (χ2n) is 4.00. The molecular weight excluding hydrogens is 236 g/mol. The number of rotatable bonds is 5. The Labute approximate surface area is 105 Å². The fourth-order valence-electron chi connectivity index (χ4n) is 1.58. The van der Waals surface area contributed by atoms with Gasteiger partial charge in [0.15, 0.2) is 0 Å². The molecule has 0 unspecified atom stereocenters. The lowest BCUT2D eigenvalue weighted by Gasteiger charge is -2.18. The molecule has 0 atom stereocenters. The van der Waals surface area contributed by atoms with E-state index in [4.69, 9.17) is 0 Å². The van der Waals surface area contributed by atoms with Gasteiger partial charge in [-0.15, -0.1) is 0 Å². The number of esters is 1. The van der Waals surface area contributed by atoms with Gasteiger partial charge in [0, 0.05) is 19.7 Å². The molecule has 0 aliphatic heterocycles. The van der Waals surface area contributed by atoms with E-state index in [1.54, 1.807) is 31.0 Å². The minimum absolute atomic E-state index is 0.0439. The minimum Gasteiger partial charge on any atom is -0.469 e. The first-order valence-corrected chi connectivity index (χ1v) is 5.48. The Balaban J connectivity index is 2.88. The van der Waals surface area contributed by atoms with Crippen LogP contribution in [0.2, 0.25) is 0 Å². The fourth-order valence-corrected chi connectivity index (χ4v) is 1.58. The van der Waals surface area contributed by atoms with E-state index in [2.05, 4.69) is 4.74 Å². The molecular formula is C12H16N2O4. The number of aryl methyl sites for hydroxylation is 1. The van der Waals surface area contributed by atoms with Crippen molar-refractivity contribution in [2.24, 2.45) is 0 Å². The predicted octanol–water partition coefficient (Wildman–Crippen LogP) is 1.90. The van der Waals surface area contributed by atoms with Crippen LogP contribution in [0.3, 0.4) is 0 Å². The number of methoxy groups -OCH3 is 1. The van der Waals surface area contributed by atoms with Gasteiger partial charge in [0.25, 0.3) is 5.69 Å². The number of hydrogen-bond acceptors (Lipinski definition) is 5. The second-order valence-corrected chi connectivity index (χ2v) is 4.00. The van der Waals surface area contributed by atoms with Crippen LogP contribution < -0.4 is 4.90 Å². The molecule has 0 bridgehead atoms. The van der Waals surface area contributed by atoms with Gasteiger partial charge in [0.2, 0.25) is 0 Å². The first-order valence-electron chi connectivity index (χ1n) is 5.48. The summed E-state index contributed by atoms with van der Waals surface area (Å²) in [6, 6.07) is 5.01. The van der Waals surface area contributed by atoms with E-state index < -0.39 is 4.92 Å². The van der Waals surface area contributed by atoms with Crippen molar-refractivity contribution in [1.82, 2.24) is 0 Å². The van der Waals surface area contributed by atoms with Crippen LogP contribution in [0.1, 0.15) is 12.0 Å². The lowest BCUT2D eigenvalue weighted by Crippen LogP contribution is -2.22. The lowest BCUT2D eigenvalue weighted by molar-refractivity contribution is -0.384. The van der Waals surface area contributed by atoms with Crippen LogP contribution in [0.25, 0.3) is 0 Å². The standard InChI is InChI=1S/C12H16N2O4/c1-9-4-5-10(11(8-9)14(16)17)13(2)7-6-12(15)18-3/h4-5,8H,6-7H2,1-3H3. The van der Waals surface area contributed by atoms with E-state index in [0.29, 0.717) is 12.2 Å². The fraction of sp³-hybridized carbons (Fsp3) is 0.417.